The molecule has 2 aromatic carbocycles. The highest BCUT2D eigenvalue weighted by Crippen LogP contribution is 2.29. The lowest BCUT2D eigenvalue weighted by molar-refractivity contribution is 0.0989. The van der Waals surface area contributed by atoms with Crippen LogP contribution in [0.1, 0.15) is 31.8 Å². The minimum Gasteiger partial charge on any atom is -0.322 e. The van der Waals surface area contributed by atoms with Gasteiger partial charge < -0.3 is 10.2 Å². The second kappa shape index (κ2) is 7.44. The summed E-state index contributed by atoms with van der Waals surface area (Å²) in [6.07, 6.45) is 3.76. The molecule has 4 rings (SSSR count). The number of aryl methyl sites for hydroxylation is 1. The first-order chi connectivity index (χ1) is 13.5. The van der Waals surface area contributed by atoms with Crippen molar-refractivity contribution in [2.45, 2.75) is 13.3 Å². The van der Waals surface area contributed by atoms with E-state index in [1.807, 2.05) is 37.3 Å². The molecule has 0 atom stereocenters. The van der Waals surface area contributed by atoms with Crippen molar-refractivity contribution in [3.63, 3.8) is 0 Å². The quantitative estimate of drug-likeness (QED) is 0.715. The predicted octanol–water partition coefficient (Wildman–Crippen LogP) is 4.50. The molecular formula is C22H18ClN3O2. The molecule has 5 nitrogen and oxygen atoms in total. The molecule has 0 radical (unpaired) electrons. The number of hydrogen-bond acceptors (Lipinski definition) is 3. The molecule has 0 saturated carbocycles. The maximum absolute atomic E-state index is 13.0. The Balaban J connectivity index is 1.55. The number of para-hydroxylation sites is 1. The normalized spacial score (nSPS) is 12.6. The zero-order valence-electron chi connectivity index (χ0n) is 15.3. The standard InChI is InChI=1S/C22H18ClN3O2/c1-14-6-7-18(11-19(14)23)25-21(27)16-10-17(13-24-12-16)22(28)26-9-8-15-4-2-3-5-20(15)26/h2-7,10-13H,8-9H2,1H3,(H,25,27). The van der Waals surface area contributed by atoms with Crippen LogP contribution in [0.4, 0.5) is 11.4 Å². The molecule has 1 N–H and O–H groups in total. The van der Waals surface area contributed by atoms with Gasteiger partial charge in [-0.3, -0.25) is 14.6 Å². The summed E-state index contributed by atoms with van der Waals surface area (Å²) >= 11 is 6.11. The number of nitrogens with zero attached hydrogens (tertiary/aromatic N) is 2. The average Bonchev–Trinajstić information content (AvgIpc) is 3.14. The topological polar surface area (TPSA) is 62.3 Å². The summed E-state index contributed by atoms with van der Waals surface area (Å²) in [5.74, 6) is -0.505. The smallest absolute Gasteiger partial charge is 0.259 e. The lowest BCUT2D eigenvalue weighted by Crippen LogP contribution is -2.29. The van der Waals surface area contributed by atoms with E-state index in [0.717, 1.165) is 23.2 Å². The Labute approximate surface area is 168 Å². The second-order valence-corrected chi connectivity index (χ2v) is 7.12. The van der Waals surface area contributed by atoms with Gasteiger partial charge in [-0.1, -0.05) is 35.9 Å². The van der Waals surface area contributed by atoms with Gasteiger partial charge in [-0.2, -0.15) is 0 Å². The number of benzene rings is 2. The molecule has 1 aromatic heterocycles. The predicted molar refractivity (Wildman–Crippen MR) is 110 cm³/mol. The van der Waals surface area contributed by atoms with Gasteiger partial charge >= 0.3 is 0 Å². The maximum atomic E-state index is 13.0. The van der Waals surface area contributed by atoms with Gasteiger partial charge in [0.1, 0.15) is 0 Å². The highest BCUT2D eigenvalue weighted by Gasteiger charge is 2.25. The van der Waals surface area contributed by atoms with Crippen molar-refractivity contribution in [2.75, 3.05) is 16.8 Å². The van der Waals surface area contributed by atoms with Gasteiger partial charge in [0, 0.05) is 35.3 Å². The van der Waals surface area contributed by atoms with Crippen molar-refractivity contribution in [3.8, 4) is 0 Å². The van der Waals surface area contributed by atoms with E-state index in [4.69, 9.17) is 11.6 Å². The minimum atomic E-state index is -0.344. The lowest BCUT2D eigenvalue weighted by Gasteiger charge is -2.17. The second-order valence-electron chi connectivity index (χ2n) is 6.72. The highest BCUT2D eigenvalue weighted by atomic mass is 35.5. The molecule has 28 heavy (non-hydrogen) atoms. The number of rotatable bonds is 3. The number of pyridine rings is 1. The van der Waals surface area contributed by atoms with Gasteiger partial charge in [0.2, 0.25) is 0 Å². The van der Waals surface area contributed by atoms with Crippen LogP contribution in [0.25, 0.3) is 0 Å². The number of amides is 2. The molecule has 0 saturated heterocycles. The number of nitrogens with one attached hydrogen (secondary N) is 1. The molecule has 0 bridgehead atoms. The van der Waals surface area contributed by atoms with E-state index in [1.165, 1.54) is 12.4 Å². The zero-order chi connectivity index (χ0) is 19.7. The Hall–Kier alpha value is -3.18. The third kappa shape index (κ3) is 3.49. The molecule has 1 aliphatic rings. The first-order valence-corrected chi connectivity index (χ1v) is 9.33. The van der Waals surface area contributed by atoms with Gasteiger partial charge in [-0.05, 0) is 48.7 Å². The Morgan fingerprint density at radius 3 is 2.68 bits per heavy atom. The maximum Gasteiger partial charge on any atom is 0.259 e. The van der Waals surface area contributed by atoms with Crippen LogP contribution < -0.4 is 10.2 Å². The summed E-state index contributed by atoms with van der Waals surface area (Å²) in [7, 11) is 0. The molecular weight excluding hydrogens is 374 g/mol. The van der Waals surface area contributed by atoms with Crippen LogP contribution in [-0.2, 0) is 6.42 Å². The van der Waals surface area contributed by atoms with Crippen LogP contribution in [0.3, 0.4) is 0 Å². The van der Waals surface area contributed by atoms with E-state index in [1.54, 1.807) is 23.1 Å². The summed E-state index contributed by atoms with van der Waals surface area (Å²) in [6, 6.07) is 14.7. The number of halogens is 1. The molecule has 0 unspecified atom stereocenters. The molecule has 6 heteroatoms. The minimum absolute atomic E-state index is 0.162. The van der Waals surface area contributed by atoms with E-state index in [9.17, 15) is 9.59 Å². The first-order valence-electron chi connectivity index (χ1n) is 8.95. The third-order valence-corrected chi connectivity index (χ3v) is 5.22. The van der Waals surface area contributed by atoms with Crippen molar-refractivity contribution in [1.82, 2.24) is 4.98 Å². The monoisotopic (exact) mass is 391 g/mol. The summed E-state index contributed by atoms with van der Waals surface area (Å²) in [6.45, 7) is 2.51. The van der Waals surface area contributed by atoms with Gasteiger partial charge in [-0.15, -0.1) is 0 Å². The van der Waals surface area contributed by atoms with Gasteiger partial charge in [-0.25, -0.2) is 0 Å². The van der Waals surface area contributed by atoms with Crippen molar-refractivity contribution < 1.29 is 9.59 Å². The number of aromatic nitrogens is 1. The molecule has 1 aliphatic heterocycles. The SMILES string of the molecule is Cc1ccc(NC(=O)c2cncc(C(=O)N3CCc4ccccc43)c2)cc1Cl. The van der Waals surface area contributed by atoms with E-state index in [2.05, 4.69) is 10.3 Å². The third-order valence-electron chi connectivity index (χ3n) is 4.81. The molecule has 0 spiro atoms. The summed E-state index contributed by atoms with van der Waals surface area (Å²) < 4.78 is 0. The van der Waals surface area contributed by atoms with E-state index in [0.29, 0.717) is 28.4 Å². The fraction of sp³-hybridized carbons (Fsp3) is 0.136. The Bertz CT molecular complexity index is 1080. The molecule has 0 aliphatic carbocycles. The average molecular weight is 392 g/mol. The first kappa shape index (κ1) is 18.2. The largest absolute Gasteiger partial charge is 0.322 e. The summed E-state index contributed by atoms with van der Waals surface area (Å²) in [5.41, 5.74) is 4.28. The van der Waals surface area contributed by atoms with Gasteiger partial charge in [0.25, 0.3) is 11.8 Å². The molecule has 0 fully saturated rings. The van der Waals surface area contributed by atoms with Crippen LogP contribution in [0.5, 0.6) is 0 Å². The van der Waals surface area contributed by atoms with Crippen LogP contribution >= 0.6 is 11.6 Å². The molecule has 140 valence electrons. The van der Waals surface area contributed by atoms with Crippen molar-refractivity contribution >= 4 is 34.8 Å². The summed E-state index contributed by atoms with van der Waals surface area (Å²) in [5, 5.41) is 3.37. The fourth-order valence-electron chi connectivity index (χ4n) is 3.26. The Morgan fingerprint density at radius 1 is 1.07 bits per heavy atom. The Morgan fingerprint density at radius 2 is 1.86 bits per heavy atom. The van der Waals surface area contributed by atoms with Crippen LogP contribution in [0.2, 0.25) is 5.02 Å². The zero-order valence-corrected chi connectivity index (χ0v) is 16.0. The van der Waals surface area contributed by atoms with Crippen LogP contribution in [-0.4, -0.2) is 23.3 Å². The number of anilines is 2. The van der Waals surface area contributed by atoms with E-state index in [-0.39, 0.29) is 11.8 Å². The van der Waals surface area contributed by atoms with Crippen molar-refractivity contribution in [1.29, 1.82) is 0 Å². The lowest BCUT2D eigenvalue weighted by atomic mass is 10.1. The van der Waals surface area contributed by atoms with Gasteiger partial charge in [0.05, 0.1) is 11.1 Å². The summed E-state index contributed by atoms with van der Waals surface area (Å²) in [4.78, 5) is 31.4. The number of fused-ring (bicyclic) bond motifs is 1. The van der Waals surface area contributed by atoms with E-state index < -0.39 is 0 Å². The van der Waals surface area contributed by atoms with Crippen LogP contribution in [0.15, 0.2) is 60.9 Å². The van der Waals surface area contributed by atoms with Crippen molar-refractivity contribution in [2.24, 2.45) is 0 Å². The number of carbonyl (C=O) groups excluding carboxylic acids is 2. The van der Waals surface area contributed by atoms with Gasteiger partial charge in [0.15, 0.2) is 0 Å². The van der Waals surface area contributed by atoms with Crippen molar-refractivity contribution in [3.05, 3.63) is 88.2 Å². The Kier molecular flexibility index (Phi) is 4.84. The highest BCUT2D eigenvalue weighted by molar-refractivity contribution is 6.31. The van der Waals surface area contributed by atoms with Crippen LogP contribution in [0, 0.1) is 6.92 Å². The number of hydrogen-bond donors (Lipinski definition) is 1. The fourth-order valence-corrected chi connectivity index (χ4v) is 3.44. The number of carbonyl (C=O) groups is 2. The molecule has 3 aromatic rings. The van der Waals surface area contributed by atoms with E-state index >= 15 is 0 Å². The molecule has 2 amide bonds. The molecule has 2 heterocycles.